The van der Waals surface area contributed by atoms with Crippen LogP contribution in [0.3, 0.4) is 0 Å². The van der Waals surface area contributed by atoms with Crippen molar-refractivity contribution in [1.82, 2.24) is 25.5 Å². The molecule has 1 aromatic carbocycles. The van der Waals surface area contributed by atoms with Gasteiger partial charge in [0.05, 0.1) is 12.3 Å². The Kier molecular flexibility index (Phi) is 6.86. The highest BCUT2D eigenvalue weighted by atomic mass is 32.2. The minimum Gasteiger partial charge on any atom is -0.492 e. The molecule has 0 bridgehead atoms. The standard InChI is InChI=1S/C15H21N5O2S/c1-12(2)10-20-15(17-18-19-20)23-11-14(21)16-8-9-22-13-6-4-3-5-7-13/h3-7,12H,8-11H2,1-2H3,(H,16,21). The minimum absolute atomic E-state index is 0.0641. The number of rotatable bonds is 9. The number of hydrogen-bond acceptors (Lipinski definition) is 6. The molecule has 1 N–H and O–H groups in total. The largest absolute Gasteiger partial charge is 0.492 e. The van der Waals surface area contributed by atoms with Crippen LogP contribution >= 0.6 is 11.8 Å². The number of amides is 1. The molecule has 2 rings (SSSR count). The highest BCUT2D eigenvalue weighted by Crippen LogP contribution is 2.14. The van der Waals surface area contributed by atoms with Gasteiger partial charge in [0.1, 0.15) is 12.4 Å². The van der Waals surface area contributed by atoms with Crippen molar-refractivity contribution < 1.29 is 9.53 Å². The van der Waals surface area contributed by atoms with E-state index in [-0.39, 0.29) is 11.7 Å². The summed E-state index contributed by atoms with van der Waals surface area (Å²) in [7, 11) is 0. The van der Waals surface area contributed by atoms with Gasteiger partial charge in [-0.05, 0) is 28.5 Å². The van der Waals surface area contributed by atoms with E-state index in [1.54, 1.807) is 4.68 Å². The lowest BCUT2D eigenvalue weighted by atomic mass is 10.2. The summed E-state index contributed by atoms with van der Waals surface area (Å²) in [5, 5.41) is 15.0. The second-order valence-corrected chi connectivity index (χ2v) is 6.28. The minimum atomic E-state index is -0.0641. The number of nitrogens with zero attached hydrogens (tertiary/aromatic N) is 4. The molecular weight excluding hydrogens is 314 g/mol. The Morgan fingerprint density at radius 1 is 1.35 bits per heavy atom. The fourth-order valence-electron chi connectivity index (χ4n) is 1.82. The first-order valence-corrected chi connectivity index (χ1v) is 8.47. The van der Waals surface area contributed by atoms with Gasteiger partial charge < -0.3 is 10.1 Å². The molecule has 2 aromatic rings. The number of carbonyl (C=O) groups excluding carboxylic acids is 1. The zero-order valence-corrected chi connectivity index (χ0v) is 14.1. The van der Waals surface area contributed by atoms with Crippen LogP contribution in [0, 0.1) is 5.92 Å². The molecule has 1 aromatic heterocycles. The summed E-state index contributed by atoms with van der Waals surface area (Å²) in [6.07, 6.45) is 0. The van der Waals surface area contributed by atoms with E-state index < -0.39 is 0 Å². The van der Waals surface area contributed by atoms with Crippen molar-refractivity contribution in [3.8, 4) is 5.75 Å². The first-order chi connectivity index (χ1) is 11.1. The Morgan fingerprint density at radius 3 is 2.87 bits per heavy atom. The summed E-state index contributed by atoms with van der Waals surface area (Å²) < 4.78 is 7.23. The molecule has 124 valence electrons. The number of thioether (sulfide) groups is 1. The van der Waals surface area contributed by atoms with Gasteiger partial charge in [-0.1, -0.05) is 43.8 Å². The molecule has 0 fully saturated rings. The van der Waals surface area contributed by atoms with E-state index in [0.717, 1.165) is 12.3 Å². The van der Waals surface area contributed by atoms with Gasteiger partial charge in [0.15, 0.2) is 0 Å². The smallest absolute Gasteiger partial charge is 0.230 e. The van der Waals surface area contributed by atoms with Crippen LogP contribution in [0.5, 0.6) is 5.75 Å². The third-order valence-electron chi connectivity index (χ3n) is 2.81. The first kappa shape index (κ1) is 17.3. The molecule has 8 heteroatoms. The molecule has 0 unspecified atom stereocenters. The zero-order chi connectivity index (χ0) is 16.5. The van der Waals surface area contributed by atoms with Gasteiger partial charge in [-0.3, -0.25) is 4.79 Å². The molecule has 7 nitrogen and oxygen atoms in total. The van der Waals surface area contributed by atoms with Crippen molar-refractivity contribution in [3.63, 3.8) is 0 Å². The van der Waals surface area contributed by atoms with Crippen molar-refractivity contribution in [3.05, 3.63) is 30.3 Å². The van der Waals surface area contributed by atoms with Crippen LogP contribution in [0.2, 0.25) is 0 Å². The lowest BCUT2D eigenvalue weighted by molar-refractivity contribution is -0.118. The summed E-state index contributed by atoms with van der Waals surface area (Å²) in [4.78, 5) is 11.8. The molecule has 1 heterocycles. The van der Waals surface area contributed by atoms with Crippen LogP contribution in [0.15, 0.2) is 35.5 Å². The summed E-state index contributed by atoms with van der Waals surface area (Å²) in [6, 6.07) is 9.51. The number of nitrogens with one attached hydrogen (secondary N) is 1. The number of hydrogen-bond donors (Lipinski definition) is 1. The first-order valence-electron chi connectivity index (χ1n) is 7.48. The van der Waals surface area contributed by atoms with Crippen LogP contribution in [-0.2, 0) is 11.3 Å². The maximum absolute atomic E-state index is 11.8. The molecule has 0 saturated carbocycles. The van der Waals surface area contributed by atoms with Crippen LogP contribution in [0.25, 0.3) is 0 Å². The maximum Gasteiger partial charge on any atom is 0.230 e. The second-order valence-electron chi connectivity index (χ2n) is 5.34. The fraction of sp³-hybridized carbons (Fsp3) is 0.467. The van der Waals surface area contributed by atoms with Crippen LogP contribution < -0.4 is 10.1 Å². The third-order valence-corrected chi connectivity index (χ3v) is 3.76. The van der Waals surface area contributed by atoms with E-state index in [1.807, 2.05) is 30.3 Å². The highest BCUT2D eigenvalue weighted by molar-refractivity contribution is 7.99. The average molecular weight is 335 g/mol. The van der Waals surface area contributed by atoms with Gasteiger partial charge in [-0.2, -0.15) is 0 Å². The molecule has 1 amide bonds. The number of benzene rings is 1. The van der Waals surface area contributed by atoms with E-state index in [9.17, 15) is 4.79 Å². The lowest BCUT2D eigenvalue weighted by Crippen LogP contribution is -2.29. The monoisotopic (exact) mass is 335 g/mol. The van der Waals surface area contributed by atoms with Gasteiger partial charge in [-0.15, -0.1) is 5.10 Å². The van der Waals surface area contributed by atoms with Crippen LogP contribution in [-0.4, -0.2) is 45.0 Å². The van der Waals surface area contributed by atoms with Crippen molar-refractivity contribution in [2.45, 2.75) is 25.5 Å². The molecule has 0 aliphatic rings. The quantitative estimate of drug-likeness (QED) is 0.554. The van der Waals surface area contributed by atoms with E-state index in [4.69, 9.17) is 4.74 Å². The van der Waals surface area contributed by atoms with Gasteiger partial charge in [0, 0.05) is 6.54 Å². The van der Waals surface area contributed by atoms with Gasteiger partial charge in [0.25, 0.3) is 0 Å². The topological polar surface area (TPSA) is 81.9 Å². The summed E-state index contributed by atoms with van der Waals surface area (Å²) in [5.41, 5.74) is 0. The second kappa shape index (κ2) is 9.14. The van der Waals surface area contributed by atoms with E-state index in [1.165, 1.54) is 11.8 Å². The van der Waals surface area contributed by atoms with Crippen LogP contribution in [0.1, 0.15) is 13.8 Å². The van der Waals surface area contributed by atoms with Crippen molar-refractivity contribution in [1.29, 1.82) is 0 Å². The molecule has 0 radical (unpaired) electrons. The molecule has 23 heavy (non-hydrogen) atoms. The number of carbonyl (C=O) groups is 1. The highest BCUT2D eigenvalue weighted by Gasteiger charge is 2.10. The summed E-state index contributed by atoms with van der Waals surface area (Å²) >= 11 is 1.33. The molecular formula is C15H21N5O2S. The predicted molar refractivity (Wildman–Crippen MR) is 88.3 cm³/mol. The SMILES string of the molecule is CC(C)Cn1nnnc1SCC(=O)NCCOc1ccccc1. The van der Waals surface area contributed by atoms with Gasteiger partial charge >= 0.3 is 0 Å². The molecule has 0 atom stereocenters. The molecule has 0 aliphatic carbocycles. The van der Waals surface area contributed by atoms with E-state index in [0.29, 0.717) is 24.2 Å². The number of aromatic nitrogens is 4. The maximum atomic E-state index is 11.8. The molecule has 0 spiro atoms. The normalized spacial score (nSPS) is 10.7. The average Bonchev–Trinajstić information content (AvgIpc) is 2.97. The van der Waals surface area contributed by atoms with Crippen molar-refractivity contribution >= 4 is 17.7 Å². The summed E-state index contributed by atoms with van der Waals surface area (Å²) in [5.74, 6) is 1.46. The van der Waals surface area contributed by atoms with Crippen molar-refractivity contribution in [2.75, 3.05) is 18.9 Å². The Balaban J connectivity index is 1.64. The number of ether oxygens (including phenoxy) is 1. The fourth-order valence-corrected chi connectivity index (χ4v) is 2.53. The lowest BCUT2D eigenvalue weighted by Gasteiger charge is -2.08. The number of tetrazole rings is 1. The molecule has 0 saturated heterocycles. The Labute approximate surface area is 139 Å². The Morgan fingerprint density at radius 2 is 2.13 bits per heavy atom. The third kappa shape index (κ3) is 6.27. The Hall–Kier alpha value is -2.09. The van der Waals surface area contributed by atoms with Gasteiger partial charge in [-0.25, -0.2) is 4.68 Å². The van der Waals surface area contributed by atoms with Crippen molar-refractivity contribution in [2.24, 2.45) is 5.92 Å². The van der Waals surface area contributed by atoms with E-state index >= 15 is 0 Å². The van der Waals surface area contributed by atoms with E-state index in [2.05, 4.69) is 34.7 Å². The zero-order valence-electron chi connectivity index (χ0n) is 13.3. The number of para-hydroxylation sites is 1. The molecule has 0 aliphatic heterocycles. The Bertz CT molecular complexity index is 603. The summed E-state index contributed by atoms with van der Waals surface area (Å²) in [6.45, 7) is 5.82. The predicted octanol–water partition coefficient (Wildman–Crippen LogP) is 1.62. The van der Waals surface area contributed by atoms with Crippen LogP contribution in [0.4, 0.5) is 0 Å². The van der Waals surface area contributed by atoms with Gasteiger partial charge in [0.2, 0.25) is 11.1 Å².